The fourth-order valence-corrected chi connectivity index (χ4v) is 2.09. The van der Waals surface area contributed by atoms with Gasteiger partial charge in [-0.1, -0.05) is 48.9 Å². The minimum Gasteiger partial charge on any atom is -0.253 e. The smallest absolute Gasteiger partial charge is 0.0663 e. The van der Waals surface area contributed by atoms with Crippen LogP contribution in [0.25, 0.3) is 0 Å². The van der Waals surface area contributed by atoms with E-state index in [1.54, 1.807) is 0 Å². The zero-order valence-electron chi connectivity index (χ0n) is 10.7. The van der Waals surface area contributed by atoms with Crippen molar-refractivity contribution in [3.63, 3.8) is 0 Å². The quantitative estimate of drug-likeness (QED) is 0.672. The SMILES string of the molecule is CCC(=Nc1ccc(Cl)cc1C)c1ccccc1. The molecule has 0 bridgehead atoms. The average molecular weight is 258 g/mol. The molecule has 0 saturated heterocycles. The lowest BCUT2D eigenvalue weighted by atomic mass is 10.1. The Bertz CT molecular complexity index is 559. The van der Waals surface area contributed by atoms with E-state index in [4.69, 9.17) is 16.6 Å². The van der Waals surface area contributed by atoms with Crippen molar-refractivity contribution in [3.8, 4) is 0 Å². The molecule has 0 radical (unpaired) electrons. The summed E-state index contributed by atoms with van der Waals surface area (Å²) in [5.41, 5.74) is 4.36. The molecule has 0 atom stereocenters. The highest BCUT2D eigenvalue weighted by atomic mass is 35.5. The number of nitrogens with zero attached hydrogens (tertiary/aromatic N) is 1. The van der Waals surface area contributed by atoms with Crippen molar-refractivity contribution in [2.45, 2.75) is 20.3 Å². The van der Waals surface area contributed by atoms with Crippen LogP contribution < -0.4 is 0 Å². The zero-order chi connectivity index (χ0) is 13.0. The van der Waals surface area contributed by atoms with E-state index in [9.17, 15) is 0 Å². The fraction of sp³-hybridized carbons (Fsp3) is 0.188. The van der Waals surface area contributed by atoms with Crippen LogP contribution in [0.1, 0.15) is 24.5 Å². The molecule has 0 aliphatic rings. The summed E-state index contributed by atoms with van der Waals surface area (Å²) in [6, 6.07) is 16.1. The number of aryl methyl sites for hydroxylation is 1. The van der Waals surface area contributed by atoms with Crippen molar-refractivity contribution in [2.24, 2.45) is 4.99 Å². The standard InChI is InChI=1S/C16H16ClN/c1-3-15(13-7-5-4-6-8-13)18-16-10-9-14(17)11-12(16)2/h4-11H,3H2,1-2H3. The first kappa shape index (κ1) is 12.8. The molecule has 2 rings (SSSR count). The maximum atomic E-state index is 5.96. The van der Waals surface area contributed by atoms with Gasteiger partial charge in [0, 0.05) is 10.7 Å². The van der Waals surface area contributed by atoms with E-state index in [1.165, 1.54) is 5.56 Å². The van der Waals surface area contributed by atoms with Crippen molar-refractivity contribution in [1.82, 2.24) is 0 Å². The van der Waals surface area contributed by atoms with Gasteiger partial charge in [-0.05, 0) is 42.7 Å². The van der Waals surface area contributed by atoms with E-state index in [0.29, 0.717) is 0 Å². The van der Waals surface area contributed by atoms with E-state index in [1.807, 2.05) is 43.3 Å². The summed E-state index contributed by atoms with van der Waals surface area (Å²) in [4.78, 5) is 4.75. The van der Waals surface area contributed by atoms with Crippen molar-refractivity contribution in [2.75, 3.05) is 0 Å². The first-order valence-corrected chi connectivity index (χ1v) is 6.47. The Hall–Kier alpha value is -1.60. The topological polar surface area (TPSA) is 12.4 Å². The van der Waals surface area contributed by atoms with Gasteiger partial charge < -0.3 is 0 Å². The maximum absolute atomic E-state index is 5.96. The largest absolute Gasteiger partial charge is 0.253 e. The lowest BCUT2D eigenvalue weighted by Crippen LogP contribution is -1.98. The second-order valence-electron chi connectivity index (χ2n) is 4.21. The molecule has 92 valence electrons. The summed E-state index contributed by atoms with van der Waals surface area (Å²) in [6.07, 6.45) is 0.909. The van der Waals surface area contributed by atoms with Gasteiger partial charge in [0.2, 0.25) is 0 Å². The van der Waals surface area contributed by atoms with E-state index >= 15 is 0 Å². The third kappa shape index (κ3) is 2.99. The molecule has 0 unspecified atom stereocenters. The van der Waals surface area contributed by atoms with Gasteiger partial charge in [0.15, 0.2) is 0 Å². The lowest BCUT2D eigenvalue weighted by molar-refractivity contribution is 1.25. The first-order valence-electron chi connectivity index (χ1n) is 6.10. The lowest BCUT2D eigenvalue weighted by Gasteiger charge is -2.06. The van der Waals surface area contributed by atoms with Gasteiger partial charge in [-0.15, -0.1) is 0 Å². The van der Waals surface area contributed by atoms with Crippen molar-refractivity contribution < 1.29 is 0 Å². The van der Waals surface area contributed by atoms with E-state index in [-0.39, 0.29) is 0 Å². The normalized spacial score (nSPS) is 11.6. The van der Waals surface area contributed by atoms with Crippen LogP contribution in [0.3, 0.4) is 0 Å². The Balaban J connectivity index is 2.41. The highest BCUT2D eigenvalue weighted by Crippen LogP contribution is 2.23. The molecular weight excluding hydrogens is 242 g/mol. The van der Waals surface area contributed by atoms with Crippen LogP contribution in [-0.2, 0) is 0 Å². The van der Waals surface area contributed by atoms with Gasteiger partial charge in [-0.25, -0.2) is 0 Å². The number of hydrogen-bond acceptors (Lipinski definition) is 1. The molecular formula is C16H16ClN. The number of aliphatic imine (C=N–C) groups is 1. The third-order valence-corrected chi connectivity index (χ3v) is 3.09. The number of hydrogen-bond donors (Lipinski definition) is 0. The molecule has 2 heteroatoms. The Morgan fingerprint density at radius 3 is 2.44 bits per heavy atom. The molecule has 0 aliphatic carbocycles. The van der Waals surface area contributed by atoms with Gasteiger partial charge in [0.05, 0.1) is 5.69 Å². The Morgan fingerprint density at radius 1 is 1.11 bits per heavy atom. The number of rotatable bonds is 3. The average Bonchev–Trinajstić information content (AvgIpc) is 2.39. The van der Waals surface area contributed by atoms with E-state index in [0.717, 1.165) is 28.4 Å². The summed E-state index contributed by atoms with van der Waals surface area (Å²) in [5, 5.41) is 0.754. The molecule has 0 saturated carbocycles. The van der Waals surface area contributed by atoms with Crippen LogP contribution >= 0.6 is 11.6 Å². The highest BCUT2D eigenvalue weighted by molar-refractivity contribution is 6.30. The van der Waals surface area contributed by atoms with Crippen LogP contribution in [0.5, 0.6) is 0 Å². The molecule has 0 heterocycles. The molecule has 0 N–H and O–H groups in total. The summed E-state index contributed by atoms with van der Waals surface area (Å²) in [5.74, 6) is 0. The first-order chi connectivity index (χ1) is 8.70. The van der Waals surface area contributed by atoms with Gasteiger partial charge in [-0.2, -0.15) is 0 Å². The minimum absolute atomic E-state index is 0.754. The molecule has 0 fully saturated rings. The number of halogens is 1. The Kier molecular flexibility index (Phi) is 4.16. The molecule has 0 spiro atoms. The van der Waals surface area contributed by atoms with Crippen molar-refractivity contribution >= 4 is 23.0 Å². The van der Waals surface area contributed by atoms with Crippen molar-refractivity contribution in [1.29, 1.82) is 0 Å². The fourth-order valence-electron chi connectivity index (χ4n) is 1.87. The van der Waals surface area contributed by atoms with Crippen LogP contribution in [0, 0.1) is 6.92 Å². The maximum Gasteiger partial charge on any atom is 0.0663 e. The number of benzene rings is 2. The zero-order valence-corrected chi connectivity index (χ0v) is 11.4. The molecule has 2 aromatic rings. The Morgan fingerprint density at radius 2 is 1.83 bits per heavy atom. The third-order valence-electron chi connectivity index (χ3n) is 2.86. The monoisotopic (exact) mass is 257 g/mol. The van der Waals surface area contributed by atoms with Gasteiger partial charge >= 0.3 is 0 Å². The predicted molar refractivity (Wildman–Crippen MR) is 79.1 cm³/mol. The van der Waals surface area contributed by atoms with Crippen LogP contribution in [0.4, 0.5) is 5.69 Å². The van der Waals surface area contributed by atoms with Gasteiger partial charge in [-0.3, -0.25) is 4.99 Å². The highest BCUT2D eigenvalue weighted by Gasteiger charge is 2.03. The molecule has 1 nitrogen and oxygen atoms in total. The summed E-state index contributed by atoms with van der Waals surface area (Å²) < 4.78 is 0. The summed E-state index contributed by atoms with van der Waals surface area (Å²) >= 11 is 5.96. The second-order valence-corrected chi connectivity index (χ2v) is 4.65. The summed E-state index contributed by atoms with van der Waals surface area (Å²) in [6.45, 7) is 4.15. The molecule has 2 aromatic carbocycles. The minimum atomic E-state index is 0.754. The molecule has 0 amide bonds. The summed E-state index contributed by atoms with van der Waals surface area (Å²) in [7, 11) is 0. The Labute approximate surface area is 113 Å². The van der Waals surface area contributed by atoms with Crippen LogP contribution in [0.2, 0.25) is 5.02 Å². The predicted octanol–water partition coefficient (Wildman–Crippen LogP) is 5.18. The molecule has 0 aromatic heterocycles. The van der Waals surface area contributed by atoms with E-state index in [2.05, 4.69) is 19.1 Å². The second kappa shape index (κ2) is 5.83. The van der Waals surface area contributed by atoms with Gasteiger partial charge in [0.1, 0.15) is 0 Å². The van der Waals surface area contributed by atoms with Gasteiger partial charge in [0.25, 0.3) is 0 Å². The van der Waals surface area contributed by atoms with E-state index < -0.39 is 0 Å². The van der Waals surface area contributed by atoms with Crippen molar-refractivity contribution in [3.05, 3.63) is 64.7 Å². The molecule has 18 heavy (non-hydrogen) atoms. The van der Waals surface area contributed by atoms with Crippen LogP contribution in [-0.4, -0.2) is 5.71 Å². The van der Waals surface area contributed by atoms with Crippen LogP contribution in [0.15, 0.2) is 53.5 Å². The molecule has 0 aliphatic heterocycles.